The number of rotatable bonds is 7. The third kappa shape index (κ3) is 4.58. The second-order valence-electron chi connectivity index (χ2n) is 5.05. The third-order valence-corrected chi connectivity index (χ3v) is 5.62. The van der Waals surface area contributed by atoms with Gasteiger partial charge in [-0.25, -0.2) is 8.42 Å². The number of hydrogen-bond donors (Lipinski definition) is 0. The minimum Gasteiger partial charge on any atom is -0.465 e. The van der Waals surface area contributed by atoms with Gasteiger partial charge >= 0.3 is 5.97 Å². The van der Waals surface area contributed by atoms with Gasteiger partial charge in [0.05, 0.1) is 22.1 Å². The maximum atomic E-state index is 13.0. The Kier molecular flexibility index (Phi) is 6.32. The second kappa shape index (κ2) is 8.28. The Morgan fingerprint density at radius 3 is 2.46 bits per heavy atom. The number of ether oxygens (including phenoxy) is 1. The van der Waals surface area contributed by atoms with Gasteiger partial charge in [-0.15, -0.1) is 0 Å². The summed E-state index contributed by atoms with van der Waals surface area (Å²) in [6, 6.07) is 10.9. The van der Waals surface area contributed by atoms with Gasteiger partial charge in [-0.2, -0.15) is 0 Å². The lowest BCUT2D eigenvalue weighted by molar-refractivity contribution is -0.384. The lowest BCUT2D eigenvalue weighted by Gasteiger charge is -2.23. The first-order chi connectivity index (χ1) is 12.3. The van der Waals surface area contributed by atoms with Crippen molar-refractivity contribution in [2.24, 2.45) is 0 Å². The van der Waals surface area contributed by atoms with Crippen molar-refractivity contribution in [2.45, 2.75) is 11.8 Å². The van der Waals surface area contributed by atoms with E-state index in [0.717, 1.165) is 10.4 Å². The molecule has 0 spiro atoms. The predicted octanol–water partition coefficient (Wildman–Crippen LogP) is 3.12. The molecule has 10 heteroatoms. The van der Waals surface area contributed by atoms with Crippen LogP contribution in [0.25, 0.3) is 0 Å². The highest BCUT2D eigenvalue weighted by Crippen LogP contribution is 2.27. The van der Waals surface area contributed by atoms with Crippen LogP contribution in [-0.2, 0) is 19.6 Å². The van der Waals surface area contributed by atoms with Gasteiger partial charge in [0, 0.05) is 16.6 Å². The van der Waals surface area contributed by atoms with E-state index in [9.17, 15) is 23.3 Å². The number of sulfonamides is 1. The van der Waals surface area contributed by atoms with E-state index in [2.05, 4.69) is 15.9 Å². The van der Waals surface area contributed by atoms with Crippen molar-refractivity contribution in [1.82, 2.24) is 0 Å². The van der Waals surface area contributed by atoms with Crippen LogP contribution in [0.2, 0.25) is 0 Å². The Morgan fingerprint density at radius 1 is 1.23 bits per heavy atom. The summed E-state index contributed by atoms with van der Waals surface area (Å²) < 4.78 is 32.3. The van der Waals surface area contributed by atoms with Crippen molar-refractivity contribution in [3.8, 4) is 0 Å². The van der Waals surface area contributed by atoms with Crippen LogP contribution in [0.3, 0.4) is 0 Å². The number of nitro groups is 1. The lowest BCUT2D eigenvalue weighted by atomic mass is 10.3. The first kappa shape index (κ1) is 19.9. The molecule has 2 aromatic carbocycles. The van der Waals surface area contributed by atoms with Gasteiger partial charge < -0.3 is 4.74 Å². The van der Waals surface area contributed by atoms with E-state index in [1.165, 1.54) is 30.3 Å². The number of esters is 1. The van der Waals surface area contributed by atoms with Crippen molar-refractivity contribution in [3.63, 3.8) is 0 Å². The average molecular weight is 443 g/mol. The number of anilines is 1. The highest BCUT2D eigenvalue weighted by atomic mass is 79.9. The van der Waals surface area contributed by atoms with Crippen LogP contribution in [0.1, 0.15) is 6.92 Å². The summed E-state index contributed by atoms with van der Waals surface area (Å²) in [7, 11) is -4.14. The first-order valence-electron chi connectivity index (χ1n) is 7.44. The normalized spacial score (nSPS) is 11.0. The van der Waals surface area contributed by atoms with E-state index < -0.39 is 27.5 Å². The second-order valence-corrected chi connectivity index (χ2v) is 7.83. The number of carbonyl (C=O) groups excluding carboxylic acids is 1. The maximum absolute atomic E-state index is 13.0. The Hall–Kier alpha value is -2.46. The molecule has 0 heterocycles. The van der Waals surface area contributed by atoms with Crippen LogP contribution < -0.4 is 4.31 Å². The Balaban J connectivity index is 2.53. The van der Waals surface area contributed by atoms with E-state index in [4.69, 9.17) is 4.74 Å². The molecule has 26 heavy (non-hydrogen) atoms. The average Bonchev–Trinajstić information content (AvgIpc) is 2.60. The number of nitrogens with zero attached hydrogens (tertiary/aromatic N) is 2. The molecule has 0 bridgehead atoms. The summed E-state index contributed by atoms with van der Waals surface area (Å²) in [4.78, 5) is 22.2. The fraction of sp³-hybridized carbons (Fsp3) is 0.188. The zero-order valence-electron chi connectivity index (χ0n) is 13.7. The van der Waals surface area contributed by atoms with Crippen LogP contribution in [0.4, 0.5) is 11.4 Å². The summed E-state index contributed by atoms with van der Waals surface area (Å²) in [5.74, 6) is -0.764. The molecular weight excluding hydrogens is 428 g/mol. The largest absolute Gasteiger partial charge is 0.465 e. The topological polar surface area (TPSA) is 107 Å². The fourth-order valence-electron chi connectivity index (χ4n) is 2.13. The number of non-ortho nitro benzene ring substituents is 1. The monoisotopic (exact) mass is 442 g/mol. The minimum atomic E-state index is -4.14. The Bertz CT molecular complexity index is 915. The van der Waals surface area contributed by atoms with Crippen LogP contribution in [0.15, 0.2) is 57.9 Å². The summed E-state index contributed by atoms with van der Waals surface area (Å²) in [6.45, 7) is 1.08. The number of hydrogen-bond acceptors (Lipinski definition) is 6. The van der Waals surface area contributed by atoms with Gasteiger partial charge in [0.15, 0.2) is 0 Å². The van der Waals surface area contributed by atoms with Crippen LogP contribution in [0, 0.1) is 10.1 Å². The van der Waals surface area contributed by atoms with Crippen molar-refractivity contribution in [1.29, 1.82) is 0 Å². The van der Waals surface area contributed by atoms with Gasteiger partial charge in [0.25, 0.3) is 15.7 Å². The van der Waals surface area contributed by atoms with E-state index in [-0.39, 0.29) is 22.9 Å². The third-order valence-electron chi connectivity index (χ3n) is 3.31. The van der Waals surface area contributed by atoms with E-state index in [1.807, 2.05) is 0 Å². The molecule has 0 aliphatic carbocycles. The quantitative estimate of drug-likeness (QED) is 0.370. The minimum absolute atomic E-state index is 0.00447. The molecule has 0 unspecified atom stereocenters. The van der Waals surface area contributed by atoms with Gasteiger partial charge in [-0.1, -0.05) is 22.0 Å². The molecule has 0 saturated heterocycles. The zero-order chi connectivity index (χ0) is 19.3. The molecule has 0 radical (unpaired) electrons. The number of nitro benzene ring substituents is 1. The molecule has 2 aromatic rings. The molecule has 2 rings (SSSR count). The zero-order valence-corrected chi connectivity index (χ0v) is 16.1. The van der Waals surface area contributed by atoms with Crippen molar-refractivity contribution in [2.75, 3.05) is 17.5 Å². The molecule has 0 atom stereocenters. The number of carbonyl (C=O) groups is 1. The van der Waals surface area contributed by atoms with Gasteiger partial charge in [0.2, 0.25) is 0 Å². The molecule has 0 fully saturated rings. The summed E-state index contributed by atoms with van der Waals surface area (Å²) in [5, 5.41) is 11.0. The highest BCUT2D eigenvalue weighted by Gasteiger charge is 2.28. The van der Waals surface area contributed by atoms with Crippen LogP contribution in [0.5, 0.6) is 0 Å². The molecule has 0 aliphatic heterocycles. The van der Waals surface area contributed by atoms with Crippen molar-refractivity contribution in [3.05, 3.63) is 63.1 Å². The van der Waals surface area contributed by atoms with Crippen molar-refractivity contribution >= 4 is 43.3 Å². The fourth-order valence-corrected chi connectivity index (χ4v) is 3.80. The lowest BCUT2D eigenvalue weighted by Crippen LogP contribution is -2.36. The maximum Gasteiger partial charge on any atom is 0.326 e. The predicted molar refractivity (Wildman–Crippen MR) is 98.4 cm³/mol. The molecule has 8 nitrogen and oxygen atoms in total. The number of halogens is 1. The van der Waals surface area contributed by atoms with Crippen LogP contribution in [-0.4, -0.2) is 32.5 Å². The standard InChI is InChI=1S/C16H15BrN2O6S/c1-2-25-16(20)11-18(13-4-3-5-14(10-13)19(21)22)26(23,24)15-8-6-12(17)7-9-15/h3-10H,2,11H2,1H3. The molecule has 0 aromatic heterocycles. The molecular formula is C16H15BrN2O6S. The first-order valence-corrected chi connectivity index (χ1v) is 9.67. The van der Waals surface area contributed by atoms with Crippen molar-refractivity contribution < 1.29 is 22.9 Å². The molecule has 138 valence electrons. The Labute approximate surface area is 158 Å². The van der Waals surface area contributed by atoms with E-state index in [1.54, 1.807) is 19.1 Å². The summed E-state index contributed by atoms with van der Waals surface area (Å²) >= 11 is 3.22. The van der Waals surface area contributed by atoms with Crippen LogP contribution >= 0.6 is 15.9 Å². The SMILES string of the molecule is CCOC(=O)CN(c1cccc([N+](=O)[O-])c1)S(=O)(=O)c1ccc(Br)cc1. The Morgan fingerprint density at radius 2 is 1.88 bits per heavy atom. The highest BCUT2D eigenvalue weighted by molar-refractivity contribution is 9.10. The molecule has 0 amide bonds. The van der Waals surface area contributed by atoms with E-state index >= 15 is 0 Å². The molecule has 0 N–H and O–H groups in total. The van der Waals surface area contributed by atoms with Gasteiger partial charge in [-0.05, 0) is 37.3 Å². The number of benzene rings is 2. The molecule has 0 saturated carbocycles. The van der Waals surface area contributed by atoms with Gasteiger partial charge in [0.1, 0.15) is 6.54 Å². The summed E-state index contributed by atoms with van der Waals surface area (Å²) in [6.07, 6.45) is 0. The molecule has 0 aliphatic rings. The van der Waals surface area contributed by atoms with Gasteiger partial charge in [-0.3, -0.25) is 19.2 Å². The summed E-state index contributed by atoms with van der Waals surface area (Å²) in [5.41, 5.74) is -0.294. The smallest absolute Gasteiger partial charge is 0.326 e. The van der Waals surface area contributed by atoms with E-state index in [0.29, 0.717) is 4.47 Å².